The molecule has 0 radical (unpaired) electrons. The minimum Gasteiger partial charge on any atom is -0.497 e. The van der Waals surface area contributed by atoms with Gasteiger partial charge >= 0.3 is 0 Å². The maximum atomic E-state index is 14.0. The van der Waals surface area contributed by atoms with Crippen molar-refractivity contribution in [2.75, 3.05) is 27.3 Å². The molecule has 0 aromatic heterocycles. The number of hydrogen-bond acceptors (Lipinski definition) is 4. The Kier molecular flexibility index (Phi) is 6.01. The monoisotopic (exact) mass is 393 g/mol. The molecule has 5 nitrogen and oxygen atoms in total. The fourth-order valence-corrected chi connectivity index (χ4v) is 4.97. The van der Waals surface area contributed by atoms with E-state index in [2.05, 4.69) is 0 Å². The van der Waals surface area contributed by atoms with E-state index >= 15 is 0 Å². The molecule has 0 bridgehead atoms. The summed E-state index contributed by atoms with van der Waals surface area (Å²) in [6.45, 7) is 0.810. The van der Waals surface area contributed by atoms with E-state index in [-0.39, 0.29) is 16.6 Å². The molecule has 0 spiro atoms. The molecule has 0 unspecified atom stereocenters. The van der Waals surface area contributed by atoms with Crippen molar-refractivity contribution in [3.63, 3.8) is 0 Å². The zero-order chi connectivity index (χ0) is 19.4. The fraction of sp³-hybridized carbons (Fsp3) is 0.400. The summed E-state index contributed by atoms with van der Waals surface area (Å²) in [5.41, 5.74) is 1.08. The van der Waals surface area contributed by atoms with Gasteiger partial charge in [-0.2, -0.15) is 4.31 Å². The van der Waals surface area contributed by atoms with E-state index < -0.39 is 15.8 Å². The summed E-state index contributed by atoms with van der Waals surface area (Å²) < 4.78 is 51.7. The Morgan fingerprint density at radius 3 is 2.41 bits per heavy atom. The zero-order valence-electron chi connectivity index (χ0n) is 15.5. The van der Waals surface area contributed by atoms with E-state index in [1.54, 1.807) is 7.11 Å². The van der Waals surface area contributed by atoms with Gasteiger partial charge in [0.05, 0.1) is 19.1 Å². The number of hydrogen-bond donors (Lipinski definition) is 0. The number of halogens is 1. The van der Waals surface area contributed by atoms with Crippen LogP contribution in [-0.2, 0) is 10.0 Å². The molecule has 2 aromatic carbocycles. The van der Waals surface area contributed by atoms with Gasteiger partial charge in [-0.3, -0.25) is 0 Å². The van der Waals surface area contributed by atoms with Crippen LogP contribution < -0.4 is 9.47 Å². The zero-order valence-corrected chi connectivity index (χ0v) is 16.3. The lowest BCUT2D eigenvalue weighted by Crippen LogP contribution is -2.34. The highest BCUT2D eigenvalue weighted by atomic mass is 32.2. The normalized spacial score (nSPS) is 18.7. The molecule has 0 aliphatic carbocycles. The maximum Gasteiger partial charge on any atom is 0.243 e. The Labute approximate surface area is 159 Å². The van der Waals surface area contributed by atoms with Crippen molar-refractivity contribution in [3.8, 4) is 11.5 Å². The summed E-state index contributed by atoms with van der Waals surface area (Å²) in [6.07, 6.45) is 2.64. The van der Waals surface area contributed by atoms with Crippen LogP contribution in [0.2, 0.25) is 0 Å². The molecule has 1 heterocycles. The molecule has 1 fully saturated rings. The summed E-state index contributed by atoms with van der Waals surface area (Å²) in [7, 11) is -0.811. The molecule has 0 saturated carbocycles. The van der Waals surface area contributed by atoms with Crippen molar-refractivity contribution in [1.29, 1.82) is 0 Å². The van der Waals surface area contributed by atoms with E-state index in [1.807, 2.05) is 24.3 Å². The Bertz CT molecular complexity index is 883. The molecule has 3 rings (SSSR count). The van der Waals surface area contributed by atoms with Gasteiger partial charge in [0.15, 0.2) is 11.6 Å². The second kappa shape index (κ2) is 8.27. The van der Waals surface area contributed by atoms with Gasteiger partial charge in [0.2, 0.25) is 10.0 Å². The van der Waals surface area contributed by atoms with E-state index in [0.29, 0.717) is 13.1 Å². The highest BCUT2D eigenvalue weighted by Crippen LogP contribution is 2.31. The molecule has 0 amide bonds. The van der Waals surface area contributed by atoms with Crippen molar-refractivity contribution >= 4 is 10.0 Å². The summed E-state index contributed by atoms with van der Waals surface area (Å²) in [4.78, 5) is -0.0452. The highest BCUT2D eigenvalue weighted by Gasteiger charge is 2.30. The van der Waals surface area contributed by atoms with Crippen LogP contribution in [-0.4, -0.2) is 40.0 Å². The van der Waals surface area contributed by atoms with Crippen molar-refractivity contribution in [1.82, 2.24) is 4.31 Å². The lowest BCUT2D eigenvalue weighted by molar-refractivity contribution is 0.384. The number of sulfonamides is 1. The van der Waals surface area contributed by atoms with Gasteiger partial charge < -0.3 is 9.47 Å². The number of methoxy groups -OCH3 is 2. The van der Waals surface area contributed by atoms with E-state index in [0.717, 1.165) is 36.6 Å². The molecule has 27 heavy (non-hydrogen) atoms. The van der Waals surface area contributed by atoms with Crippen LogP contribution in [0.4, 0.5) is 4.39 Å². The van der Waals surface area contributed by atoms with Crippen LogP contribution in [0.5, 0.6) is 11.5 Å². The van der Waals surface area contributed by atoms with Crippen molar-refractivity contribution in [2.45, 2.75) is 30.1 Å². The van der Waals surface area contributed by atoms with Crippen LogP contribution >= 0.6 is 0 Å². The SMILES string of the molecule is COc1ccc([C@H]2CCCCN(S(=O)(=O)c3ccc(OC)c(F)c3)C2)cc1. The predicted molar refractivity (Wildman–Crippen MR) is 101 cm³/mol. The minimum absolute atomic E-state index is 0.0286. The molecule has 0 N–H and O–H groups in total. The lowest BCUT2D eigenvalue weighted by atomic mass is 9.94. The number of ether oxygens (including phenoxy) is 2. The quantitative estimate of drug-likeness (QED) is 0.775. The van der Waals surface area contributed by atoms with E-state index in [4.69, 9.17) is 9.47 Å². The molecule has 1 aliphatic heterocycles. The van der Waals surface area contributed by atoms with Gasteiger partial charge in [-0.1, -0.05) is 18.6 Å². The first-order valence-corrected chi connectivity index (χ1v) is 10.4. The second-order valence-electron chi connectivity index (χ2n) is 6.63. The largest absolute Gasteiger partial charge is 0.497 e. The summed E-state index contributed by atoms with van der Waals surface area (Å²) in [6, 6.07) is 11.5. The molecule has 7 heteroatoms. The second-order valence-corrected chi connectivity index (χ2v) is 8.56. The van der Waals surface area contributed by atoms with E-state index in [9.17, 15) is 12.8 Å². The maximum absolute atomic E-state index is 14.0. The fourth-order valence-electron chi connectivity index (χ4n) is 3.43. The lowest BCUT2D eigenvalue weighted by Gasteiger charge is -2.24. The average molecular weight is 393 g/mol. The molecule has 1 saturated heterocycles. The Hall–Kier alpha value is -2.12. The van der Waals surface area contributed by atoms with Gasteiger partial charge in [-0.05, 0) is 54.7 Å². The van der Waals surface area contributed by atoms with Gasteiger partial charge in [0, 0.05) is 13.1 Å². The molecule has 1 atom stereocenters. The minimum atomic E-state index is -3.77. The van der Waals surface area contributed by atoms with Gasteiger partial charge in [-0.15, -0.1) is 0 Å². The third kappa shape index (κ3) is 4.25. The standard InChI is InChI=1S/C20H24FNO4S/c1-25-17-8-6-15(7-9-17)16-5-3-4-12-22(14-16)27(23,24)18-10-11-20(26-2)19(21)13-18/h6-11,13,16H,3-5,12,14H2,1-2H3/t16-/m0/s1. The first kappa shape index (κ1) is 19.6. The van der Waals surface area contributed by atoms with Gasteiger partial charge in [0.1, 0.15) is 5.75 Å². The van der Waals surface area contributed by atoms with Crippen molar-refractivity contribution in [3.05, 3.63) is 53.8 Å². The summed E-state index contributed by atoms with van der Waals surface area (Å²) >= 11 is 0. The molecule has 1 aliphatic rings. The number of rotatable bonds is 5. The number of benzene rings is 2. The molecule has 146 valence electrons. The van der Waals surface area contributed by atoms with Crippen LogP contribution in [0, 0.1) is 5.82 Å². The summed E-state index contributed by atoms with van der Waals surface area (Å²) in [5.74, 6) is 0.211. The van der Waals surface area contributed by atoms with Crippen LogP contribution in [0.25, 0.3) is 0 Å². The molecular formula is C20H24FNO4S. The Morgan fingerprint density at radius 1 is 1.04 bits per heavy atom. The van der Waals surface area contributed by atoms with Gasteiger partial charge in [0.25, 0.3) is 0 Å². The van der Waals surface area contributed by atoms with Crippen LogP contribution in [0.3, 0.4) is 0 Å². The number of nitrogens with zero attached hydrogens (tertiary/aromatic N) is 1. The molecule has 2 aromatic rings. The molecular weight excluding hydrogens is 369 g/mol. The van der Waals surface area contributed by atoms with Crippen molar-refractivity contribution in [2.24, 2.45) is 0 Å². The predicted octanol–water partition coefficient (Wildman–Crippen LogP) is 3.80. The topological polar surface area (TPSA) is 55.8 Å². The third-order valence-electron chi connectivity index (χ3n) is 4.98. The third-order valence-corrected chi connectivity index (χ3v) is 6.84. The van der Waals surface area contributed by atoms with Crippen LogP contribution in [0.1, 0.15) is 30.7 Å². The first-order chi connectivity index (χ1) is 13.0. The van der Waals surface area contributed by atoms with E-state index in [1.165, 1.54) is 23.5 Å². The Balaban J connectivity index is 1.86. The highest BCUT2D eigenvalue weighted by molar-refractivity contribution is 7.89. The Morgan fingerprint density at radius 2 is 1.78 bits per heavy atom. The summed E-state index contributed by atoms with van der Waals surface area (Å²) in [5, 5.41) is 0. The smallest absolute Gasteiger partial charge is 0.243 e. The van der Waals surface area contributed by atoms with Crippen LogP contribution in [0.15, 0.2) is 47.4 Å². The van der Waals surface area contributed by atoms with Gasteiger partial charge in [-0.25, -0.2) is 12.8 Å². The average Bonchev–Trinajstić information content (AvgIpc) is 2.95. The first-order valence-electron chi connectivity index (χ1n) is 8.93. The van der Waals surface area contributed by atoms with Crippen molar-refractivity contribution < 1.29 is 22.3 Å².